The van der Waals surface area contributed by atoms with Crippen molar-refractivity contribution in [2.24, 2.45) is 5.73 Å². The van der Waals surface area contributed by atoms with Crippen LogP contribution in [0.25, 0.3) is 0 Å². The lowest BCUT2D eigenvalue weighted by Crippen LogP contribution is -2.47. The minimum Gasteiger partial charge on any atom is -0.337 e. The molecule has 1 aliphatic heterocycles. The largest absolute Gasteiger partial charge is 0.337 e. The van der Waals surface area contributed by atoms with Gasteiger partial charge in [-0.2, -0.15) is 0 Å². The summed E-state index contributed by atoms with van der Waals surface area (Å²) in [5.41, 5.74) is 5.26. The van der Waals surface area contributed by atoms with Crippen LogP contribution in [0.1, 0.15) is 12.8 Å². The van der Waals surface area contributed by atoms with Gasteiger partial charge in [-0.1, -0.05) is 0 Å². The Hall–Kier alpha value is -1.57. The summed E-state index contributed by atoms with van der Waals surface area (Å²) >= 11 is 0. The summed E-state index contributed by atoms with van der Waals surface area (Å²) < 4.78 is 0. The highest BCUT2D eigenvalue weighted by molar-refractivity contribution is 5.74. The van der Waals surface area contributed by atoms with Crippen LogP contribution in [0.15, 0.2) is 0 Å². The molecule has 1 heterocycles. The van der Waals surface area contributed by atoms with E-state index in [9.17, 15) is 14.9 Å². The van der Waals surface area contributed by atoms with E-state index >= 15 is 0 Å². The molecule has 0 atom stereocenters. The van der Waals surface area contributed by atoms with Crippen molar-refractivity contribution in [2.75, 3.05) is 26.2 Å². The third kappa shape index (κ3) is 3.89. The summed E-state index contributed by atoms with van der Waals surface area (Å²) in [6.45, 7) is 1.76. The fourth-order valence-electron chi connectivity index (χ4n) is 1.58. The maximum absolute atomic E-state index is 11.5. The van der Waals surface area contributed by atoms with Crippen LogP contribution in [0.5, 0.6) is 0 Å². The van der Waals surface area contributed by atoms with Crippen LogP contribution in [0.3, 0.4) is 0 Å². The predicted molar refractivity (Wildman–Crippen MR) is 55.1 cm³/mol. The third-order valence-corrected chi connectivity index (χ3v) is 2.38. The highest BCUT2D eigenvalue weighted by Crippen LogP contribution is 2.13. The van der Waals surface area contributed by atoms with Crippen LogP contribution in [-0.2, 0) is 4.84 Å². The topological polar surface area (TPSA) is 111 Å². The Kier molecular flexibility index (Phi) is 4.77. The van der Waals surface area contributed by atoms with Crippen LogP contribution in [-0.4, -0.2) is 48.3 Å². The second-order valence-electron chi connectivity index (χ2n) is 3.54. The van der Waals surface area contributed by atoms with Crippen molar-refractivity contribution in [1.29, 1.82) is 0 Å². The van der Waals surface area contributed by atoms with Crippen molar-refractivity contribution >= 4 is 6.03 Å². The minimum atomic E-state index is -0.783. The number of likely N-dealkylation sites (tertiary alicyclic amines) is 1. The van der Waals surface area contributed by atoms with Gasteiger partial charge in [-0.05, 0) is 12.8 Å². The molecule has 3 N–H and O–H groups in total. The number of carbonyl (C=O) groups excluding carboxylic acids is 1. The normalized spacial score (nSPS) is 16.9. The zero-order valence-electron chi connectivity index (χ0n) is 8.92. The molecule has 0 bridgehead atoms. The van der Waals surface area contributed by atoms with Crippen LogP contribution in [0.2, 0.25) is 0 Å². The monoisotopic (exact) mass is 232 g/mol. The number of hydrogen-bond acceptors (Lipinski definition) is 5. The van der Waals surface area contributed by atoms with Gasteiger partial charge in [-0.3, -0.25) is 0 Å². The molecular weight excluding hydrogens is 216 g/mol. The van der Waals surface area contributed by atoms with E-state index in [2.05, 4.69) is 10.2 Å². The van der Waals surface area contributed by atoms with E-state index in [0.29, 0.717) is 39.0 Å². The number of urea groups is 1. The molecule has 0 aromatic rings. The zero-order chi connectivity index (χ0) is 12.0. The molecule has 0 saturated carbocycles. The van der Waals surface area contributed by atoms with E-state index in [1.54, 1.807) is 4.90 Å². The first-order valence-electron chi connectivity index (χ1n) is 5.17. The van der Waals surface area contributed by atoms with Gasteiger partial charge in [0.05, 0.1) is 0 Å². The molecule has 8 heteroatoms. The molecule has 0 spiro atoms. The molecule has 0 unspecified atom stereocenters. The van der Waals surface area contributed by atoms with Gasteiger partial charge in [-0.25, -0.2) is 4.79 Å². The molecule has 92 valence electrons. The fourth-order valence-corrected chi connectivity index (χ4v) is 1.58. The van der Waals surface area contributed by atoms with Crippen molar-refractivity contribution in [1.82, 2.24) is 10.2 Å². The third-order valence-electron chi connectivity index (χ3n) is 2.38. The Morgan fingerprint density at radius 3 is 2.69 bits per heavy atom. The van der Waals surface area contributed by atoms with E-state index in [1.165, 1.54) is 0 Å². The van der Waals surface area contributed by atoms with Crippen LogP contribution in [0.4, 0.5) is 4.79 Å². The number of piperidine rings is 1. The number of rotatable bonds is 4. The zero-order valence-corrected chi connectivity index (χ0v) is 8.92. The quantitative estimate of drug-likeness (QED) is 0.493. The second-order valence-corrected chi connectivity index (χ2v) is 3.54. The minimum absolute atomic E-state index is 0.176. The summed E-state index contributed by atoms with van der Waals surface area (Å²) in [5, 5.41) is 12.0. The van der Waals surface area contributed by atoms with E-state index in [4.69, 9.17) is 5.73 Å². The van der Waals surface area contributed by atoms with Gasteiger partial charge in [0.25, 0.3) is 5.09 Å². The number of hydrogen-bond donors (Lipinski definition) is 2. The van der Waals surface area contributed by atoms with Gasteiger partial charge in [0, 0.05) is 26.2 Å². The average Bonchev–Trinajstić information content (AvgIpc) is 2.26. The molecule has 1 rings (SSSR count). The number of nitrogens with zero attached hydrogens (tertiary/aromatic N) is 2. The number of amides is 2. The van der Waals surface area contributed by atoms with Crippen molar-refractivity contribution < 1.29 is 14.7 Å². The van der Waals surface area contributed by atoms with Gasteiger partial charge in [-0.15, -0.1) is 10.1 Å². The van der Waals surface area contributed by atoms with E-state index in [1.807, 2.05) is 0 Å². The summed E-state index contributed by atoms with van der Waals surface area (Å²) in [6.07, 6.45) is 0.571. The maximum atomic E-state index is 11.5. The number of carbonyl (C=O) groups is 1. The molecule has 1 aliphatic rings. The Morgan fingerprint density at radius 2 is 2.19 bits per heavy atom. The average molecular weight is 232 g/mol. The van der Waals surface area contributed by atoms with Gasteiger partial charge in [0.1, 0.15) is 6.10 Å². The summed E-state index contributed by atoms with van der Waals surface area (Å²) in [7, 11) is 0. The standard InChI is InChI=1S/C8H16N4O4/c9-3-4-10-8(13)11-5-1-7(2-6-11)16-12(14)15/h7H,1-6,9H2,(H,10,13). The van der Waals surface area contributed by atoms with E-state index in [0.717, 1.165) is 0 Å². The van der Waals surface area contributed by atoms with E-state index < -0.39 is 11.2 Å². The van der Waals surface area contributed by atoms with Gasteiger partial charge < -0.3 is 20.8 Å². The molecule has 0 aliphatic carbocycles. The van der Waals surface area contributed by atoms with Crippen molar-refractivity contribution in [3.05, 3.63) is 10.1 Å². The fraction of sp³-hybridized carbons (Fsp3) is 0.875. The molecule has 1 saturated heterocycles. The Labute approximate surface area is 92.8 Å². The first-order chi connectivity index (χ1) is 7.63. The highest BCUT2D eigenvalue weighted by atomic mass is 17.0. The van der Waals surface area contributed by atoms with Crippen LogP contribution in [0, 0.1) is 10.1 Å². The smallest absolute Gasteiger partial charge is 0.317 e. The molecule has 8 nitrogen and oxygen atoms in total. The van der Waals surface area contributed by atoms with Crippen LogP contribution >= 0.6 is 0 Å². The molecular formula is C8H16N4O4. The van der Waals surface area contributed by atoms with Crippen molar-refractivity contribution in [2.45, 2.75) is 18.9 Å². The molecule has 0 radical (unpaired) electrons. The Bertz CT molecular complexity index is 252. The number of nitrogens with one attached hydrogen (secondary N) is 1. The lowest BCUT2D eigenvalue weighted by atomic mass is 10.1. The van der Waals surface area contributed by atoms with Crippen molar-refractivity contribution in [3.8, 4) is 0 Å². The maximum Gasteiger partial charge on any atom is 0.317 e. The molecule has 1 fully saturated rings. The van der Waals surface area contributed by atoms with Crippen LogP contribution < -0.4 is 11.1 Å². The molecule has 0 aromatic heterocycles. The Morgan fingerprint density at radius 1 is 1.56 bits per heavy atom. The highest BCUT2D eigenvalue weighted by Gasteiger charge is 2.24. The van der Waals surface area contributed by atoms with Gasteiger partial charge in [0.15, 0.2) is 0 Å². The van der Waals surface area contributed by atoms with E-state index in [-0.39, 0.29) is 6.03 Å². The summed E-state index contributed by atoms with van der Waals surface area (Å²) in [5.74, 6) is 0. The molecule has 16 heavy (non-hydrogen) atoms. The predicted octanol–water partition coefficient (Wildman–Crippen LogP) is -0.673. The van der Waals surface area contributed by atoms with Gasteiger partial charge >= 0.3 is 6.03 Å². The summed E-state index contributed by atoms with van der Waals surface area (Å²) in [6, 6.07) is -0.176. The summed E-state index contributed by atoms with van der Waals surface area (Å²) in [4.78, 5) is 27.6. The molecule has 0 aromatic carbocycles. The lowest BCUT2D eigenvalue weighted by molar-refractivity contribution is -0.769. The van der Waals surface area contributed by atoms with Crippen molar-refractivity contribution in [3.63, 3.8) is 0 Å². The number of nitrogens with two attached hydrogens (primary N) is 1. The Balaban J connectivity index is 2.25. The first kappa shape index (κ1) is 12.5. The first-order valence-corrected chi connectivity index (χ1v) is 5.17. The lowest BCUT2D eigenvalue weighted by Gasteiger charge is -2.30. The SMILES string of the molecule is NCCNC(=O)N1CCC(O[N+](=O)[O-])CC1. The van der Waals surface area contributed by atoms with Gasteiger partial charge in [0.2, 0.25) is 0 Å². The molecule has 2 amide bonds. The second kappa shape index (κ2) is 6.11.